The van der Waals surface area contributed by atoms with Crippen molar-refractivity contribution in [1.82, 2.24) is 29.6 Å². The zero-order chi connectivity index (χ0) is 18.6. The summed E-state index contributed by atoms with van der Waals surface area (Å²) in [6, 6.07) is 5.76. The van der Waals surface area contributed by atoms with Crippen LogP contribution in [0.15, 0.2) is 35.5 Å². The lowest BCUT2D eigenvalue weighted by molar-refractivity contribution is 0.148. The predicted molar refractivity (Wildman–Crippen MR) is 105 cm³/mol. The SMILES string of the molecule is Cc1ccc(=O)n(CCN2CCCCC2CNc2ncnc3[nH]ccc23)n1. The summed E-state index contributed by atoms with van der Waals surface area (Å²) >= 11 is 0. The highest BCUT2D eigenvalue weighted by atomic mass is 16.1. The van der Waals surface area contributed by atoms with Gasteiger partial charge in [0, 0.05) is 31.4 Å². The van der Waals surface area contributed by atoms with Gasteiger partial charge >= 0.3 is 0 Å². The minimum atomic E-state index is -0.0388. The first-order chi connectivity index (χ1) is 13.2. The van der Waals surface area contributed by atoms with Crippen molar-refractivity contribution >= 4 is 16.9 Å². The van der Waals surface area contributed by atoms with Crippen molar-refractivity contribution in [3.63, 3.8) is 0 Å². The third-order valence-electron chi connectivity index (χ3n) is 5.21. The molecular formula is C19H25N7O. The normalized spacial score (nSPS) is 18.0. The standard InChI is InChI=1S/C19H25N7O/c1-14-5-6-17(27)26(24-14)11-10-25-9-3-2-4-15(25)12-21-19-16-7-8-20-18(16)22-13-23-19/h5-8,13,15H,2-4,9-12H2,1H3,(H2,20,21,22,23). The summed E-state index contributed by atoms with van der Waals surface area (Å²) in [6.45, 7) is 5.23. The number of hydrogen-bond donors (Lipinski definition) is 2. The summed E-state index contributed by atoms with van der Waals surface area (Å²) in [5, 5.41) is 8.85. The first-order valence-corrected chi connectivity index (χ1v) is 9.51. The van der Waals surface area contributed by atoms with E-state index in [9.17, 15) is 4.79 Å². The van der Waals surface area contributed by atoms with Gasteiger partial charge in [0.2, 0.25) is 0 Å². The van der Waals surface area contributed by atoms with E-state index in [0.29, 0.717) is 12.6 Å². The Bertz CT molecular complexity index is 964. The van der Waals surface area contributed by atoms with Gasteiger partial charge in [0.1, 0.15) is 17.8 Å². The molecule has 8 heteroatoms. The Labute approximate surface area is 157 Å². The Morgan fingerprint density at radius 1 is 1.22 bits per heavy atom. The Kier molecular flexibility index (Phi) is 5.15. The highest BCUT2D eigenvalue weighted by molar-refractivity contribution is 5.86. The fourth-order valence-electron chi connectivity index (χ4n) is 3.75. The van der Waals surface area contributed by atoms with E-state index in [1.165, 1.54) is 12.8 Å². The molecule has 0 radical (unpaired) electrons. The summed E-state index contributed by atoms with van der Waals surface area (Å²) < 4.78 is 1.57. The van der Waals surface area contributed by atoms with E-state index in [1.807, 2.05) is 19.2 Å². The second-order valence-corrected chi connectivity index (χ2v) is 7.06. The highest BCUT2D eigenvalue weighted by Crippen LogP contribution is 2.20. The van der Waals surface area contributed by atoms with Gasteiger partial charge in [-0.2, -0.15) is 5.10 Å². The predicted octanol–water partition coefficient (Wildman–Crippen LogP) is 1.79. The van der Waals surface area contributed by atoms with Crippen LogP contribution < -0.4 is 10.9 Å². The number of aromatic nitrogens is 5. The second-order valence-electron chi connectivity index (χ2n) is 7.06. The van der Waals surface area contributed by atoms with Crippen molar-refractivity contribution in [2.24, 2.45) is 0 Å². The largest absolute Gasteiger partial charge is 0.368 e. The Morgan fingerprint density at radius 3 is 3.07 bits per heavy atom. The van der Waals surface area contributed by atoms with E-state index >= 15 is 0 Å². The van der Waals surface area contributed by atoms with Crippen LogP contribution in [0.5, 0.6) is 0 Å². The van der Waals surface area contributed by atoms with E-state index in [0.717, 1.165) is 48.6 Å². The lowest BCUT2D eigenvalue weighted by Gasteiger charge is -2.36. The van der Waals surface area contributed by atoms with Crippen LogP contribution in [-0.2, 0) is 6.54 Å². The molecule has 0 aliphatic carbocycles. The van der Waals surface area contributed by atoms with Gasteiger partial charge in [-0.1, -0.05) is 6.42 Å². The van der Waals surface area contributed by atoms with E-state index in [-0.39, 0.29) is 5.56 Å². The van der Waals surface area contributed by atoms with Gasteiger partial charge in [0.05, 0.1) is 17.6 Å². The molecule has 4 heterocycles. The first-order valence-electron chi connectivity index (χ1n) is 9.51. The Hall–Kier alpha value is -2.74. The maximum absolute atomic E-state index is 12.0. The Morgan fingerprint density at radius 2 is 2.15 bits per heavy atom. The fraction of sp³-hybridized carbons (Fsp3) is 0.474. The van der Waals surface area contributed by atoms with Crippen LogP contribution in [-0.4, -0.2) is 55.3 Å². The lowest BCUT2D eigenvalue weighted by atomic mass is 10.0. The van der Waals surface area contributed by atoms with Crippen LogP contribution in [0.1, 0.15) is 25.0 Å². The van der Waals surface area contributed by atoms with E-state index in [2.05, 4.69) is 30.3 Å². The summed E-state index contributed by atoms with van der Waals surface area (Å²) in [4.78, 5) is 26.2. The molecule has 0 spiro atoms. The molecule has 4 rings (SSSR count). The van der Waals surface area contributed by atoms with E-state index < -0.39 is 0 Å². The topological polar surface area (TPSA) is 91.7 Å². The van der Waals surface area contributed by atoms with E-state index in [1.54, 1.807) is 23.1 Å². The van der Waals surface area contributed by atoms with Crippen molar-refractivity contribution in [3.8, 4) is 0 Å². The molecule has 0 saturated carbocycles. The van der Waals surface area contributed by atoms with Crippen LogP contribution in [0.25, 0.3) is 11.0 Å². The molecule has 1 atom stereocenters. The molecule has 1 aliphatic rings. The van der Waals surface area contributed by atoms with Crippen molar-refractivity contribution in [3.05, 3.63) is 46.8 Å². The average Bonchev–Trinajstić information content (AvgIpc) is 3.17. The van der Waals surface area contributed by atoms with Crippen molar-refractivity contribution in [2.75, 3.05) is 25.0 Å². The number of hydrogen-bond acceptors (Lipinski definition) is 6. The highest BCUT2D eigenvalue weighted by Gasteiger charge is 2.22. The van der Waals surface area contributed by atoms with Gasteiger partial charge in [-0.3, -0.25) is 9.69 Å². The minimum Gasteiger partial charge on any atom is -0.368 e. The molecule has 1 fully saturated rings. The molecule has 1 saturated heterocycles. The second kappa shape index (κ2) is 7.87. The van der Waals surface area contributed by atoms with Crippen LogP contribution >= 0.6 is 0 Å². The number of rotatable bonds is 6. The summed E-state index contributed by atoms with van der Waals surface area (Å²) in [5.74, 6) is 0.864. The number of aryl methyl sites for hydroxylation is 1. The molecule has 0 aromatic carbocycles. The molecule has 142 valence electrons. The van der Waals surface area contributed by atoms with Gasteiger partial charge in [-0.25, -0.2) is 14.6 Å². The minimum absolute atomic E-state index is 0.0388. The van der Waals surface area contributed by atoms with Crippen molar-refractivity contribution in [2.45, 2.75) is 38.8 Å². The Balaban J connectivity index is 1.41. The molecule has 8 nitrogen and oxygen atoms in total. The number of aromatic amines is 1. The van der Waals surface area contributed by atoms with Gasteiger partial charge in [0.25, 0.3) is 5.56 Å². The zero-order valence-corrected chi connectivity index (χ0v) is 15.6. The fourth-order valence-corrected chi connectivity index (χ4v) is 3.75. The van der Waals surface area contributed by atoms with Gasteiger partial charge in [0.15, 0.2) is 0 Å². The number of nitrogens with zero attached hydrogens (tertiary/aromatic N) is 5. The number of piperidine rings is 1. The van der Waals surface area contributed by atoms with Gasteiger partial charge < -0.3 is 10.3 Å². The molecule has 3 aromatic rings. The quantitative estimate of drug-likeness (QED) is 0.690. The molecule has 1 unspecified atom stereocenters. The van der Waals surface area contributed by atoms with Crippen LogP contribution in [0, 0.1) is 6.92 Å². The third-order valence-corrected chi connectivity index (χ3v) is 5.21. The zero-order valence-electron chi connectivity index (χ0n) is 15.6. The molecule has 2 N–H and O–H groups in total. The smallest absolute Gasteiger partial charge is 0.266 e. The number of H-pyrrole nitrogens is 1. The van der Waals surface area contributed by atoms with Crippen molar-refractivity contribution in [1.29, 1.82) is 0 Å². The average molecular weight is 367 g/mol. The molecule has 0 bridgehead atoms. The maximum atomic E-state index is 12.0. The number of nitrogens with one attached hydrogen (secondary N) is 2. The molecule has 3 aromatic heterocycles. The van der Waals surface area contributed by atoms with Gasteiger partial charge in [-0.05, 0) is 38.4 Å². The summed E-state index contributed by atoms with van der Waals surface area (Å²) in [7, 11) is 0. The van der Waals surface area contributed by atoms with Gasteiger partial charge in [-0.15, -0.1) is 0 Å². The van der Waals surface area contributed by atoms with E-state index in [4.69, 9.17) is 0 Å². The monoisotopic (exact) mass is 367 g/mol. The summed E-state index contributed by atoms with van der Waals surface area (Å²) in [5.41, 5.74) is 1.67. The number of fused-ring (bicyclic) bond motifs is 1. The van der Waals surface area contributed by atoms with Crippen LogP contribution in [0.3, 0.4) is 0 Å². The number of anilines is 1. The van der Waals surface area contributed by atoms with Crippen LogP contribution in [0.2, 0.25) is 0 Å². The lowest BCUT2D eigenvalue weighted by Crippen LogP contribution is -2.45. The first kappa shape index (κ1) is 17.7. The molecule has 1 aliphatic heterocycles. The summed E-state index contributed by atoms with van der Waals surface area (Å²) in [6.07, 6.45) is 7.03. The molecular weight excluding hydrogens is 342 g/mol. The van der Waals surface area contributed by atoms with Crippen molar-refractivity contribution < 1.29 is 0 Å². The molecule has 27 heavy (non-hydrogen) atoms. The number of likely N-dealkylation sites (tertiary alicyclic amines) is 1. The van der Waals surface area contributed by atoms with Crippen LogP contribution in [0.4, 0.5) is 5.82 Å². The maximum Gasteiger partial charge on any atom is 0.266 e. The molecule has 0 amide bonds. The third kappa shape index (κ3) is 4.00.